The number of hydrogen-bond donors (Lipinski definition) is 0. The topological polar surface area (TPSA) is 29.5 Å². The SMILES string of the molecule is CC(=O)O[C@@H]1C[C@H]2CCCN2C(C)(C)C1. The smallest absolute Gasteiger partial charge is 0.302 e. The maximum absolute atomic E-state index is 11.0. The van der Waals surface area contributed by atoms with Crippen LogP contribution in [-0.2, 0) is 9.53 Å². The first-order valence-electron chi connectivity index (χ1n) is 5.93. The summed E-state index contributed by atoms with van der Waals surface area (Å²) in [5, 5.41) is 0. The van der Waals surface area contributed by atoms with Crippen molar-refractivity contribution in [3.63, 3.8) is 0 Å². The van der Waals surface area contributed by atoms with Crippen LogP contribution in [0.2, 0.25) is 0 Å². The first kappa shape index (κ1) is 10.9. The van der Waals surface area contributed by atoms with Gasteiger partial charge in [0.1, 0.15) is 6.10 Å². The number of esters is 1. The largest absolute Gasteiger partial charge is 0.462 e. The second-order valence-electron chi connectivity index (χ2n) is 5.47. The van der Waals surface area contributed by atoms with E-state index in [9.17, 15) is 4.79 Å². The van der Waals surface area contributed by atoms with E-state index in [1.54, 1.807) is 0 Å². The average Bonchev–Trinajstić information content (AvgIpc) is 2.49. The number of hydrogen-bond acceptors (Lipinski definition) is 3. The van der Waals surface area contributed by atoms with E-state index in [1.165, 1.54) is 26.3 Å². The van der Waals surface area contributed by atoms with Gasteiger partial charge >= 0.3 is 5.97 Å². The number of carbonyl (C=O) groups excluding carboxylic acids is 1. The second-order valence-corrected chi connectivity index (χ2v) is 5.47. The highest BCUT2D eigenvalue weighted by atomic mass is 16.5. The van der Waals surface area contributed by atoms with Crippen LogP contribution in [0.15, 0.2) is 0 Å². The van der Waals surface area contributed by atoms with Gasteiger partial charge in [0.25, 0.3) is 0 Å². The maximum Gasteiger partial charge on any atom is 0.302 e. The second kappa shape index (κ2) is 3.78. The number of rotatable bonds is 1. The Labute approximate surface area is 91.8 Å². The van der Waals surface area contributed by atoms with Crippen LogP contribution in [0.1, 0.15) is 46.5 Å². The number of fused-ring (bicyclic) bond motifs is 1. The molecule has 3 nitrogen and oxygen atoms in total. The summed E-state index contributed by atoms with van der Waals surface area (Å²) < 4.78 is 5.37. The molecule has 2 aliphatic heterocycles. The molecule has 2 rings (SSSR count). The van der Waals surface area contributed by atoms with Gasteiger partial charge in [-0.15, -0.1) is 0 Å². The minimum atomic E-state index is -0.137. The molecule has 0 aromatic rings. The van der Waals surface area contributed by atoms with Gasteiger partial charge in [-0.2, -0.15) is 0 Å². The van der Waals surface area contributed by atoms with E-state index in [0.717, 1.165) is 12.8 Å². The molecule has 2 fully saturated rings. The highest BCUT2D eigenvalue weighted by Gasteiger charge is 2.43. The van der Waals surface area contributed by atoms with Crippen molar-refractivity contribution in [2.24, 2.45) is 0 Å². The molecule has 0 bridgehead atoms. The Morgan fingerprint density at radius 2 is 2.20 bits per heavy atom. The Balaban J connectivity index is 2.05. The molecule has 0 aromatic carbocycles. The van der Waals surface area contributed by atoms with E-state index >= 15 is 0 Å². The molecule has 0 aromatic heterocycles. The number of ether oxygens (including phenoxy) is 1. The number of carbonyl (C=O) groups is 1. The highest BCUT2D eigenvalue weighted by molar-refractivity contribution is 5.66. The molecule has 3 heteroatoms. The third-order valence-electron chi connectivity index (χ3n) is 3.75. The molecule has 0 unspecified atom stereocenters. The lowest BCUT2D eigenvalue weighted by Gasteiger charge is -2.47. The van der Waals surface area contributed by atoms with Crippen molar-refractivity contribution >= 4 is 5.97 Å². The molecule has 15 heavy (non-hydrogen) atoms. The summed E-state index contributed by atoms with van der Waals surface area (Å²) >= 11 is 0. The number of nitrogens with zero attached hydrogens (tertiary/aromatic N) is 1. The fraction of sp³-hybridized carbons (Fsp3) is 0.917. The Kier molecular flexibility index (Phi) is 2.75. The molecule has 0 amide bonds. The zero-order chi connectivity index (χ0) is 11.1. The van der Waals surface area contributed by atoms with E-state index in [0.29, 0.717) is 6.04 Å². The summed E-state index contributed by atoms with van der Waals surface area (Å²) in [6.07, 6.45) is 4.70. The van der Waals surface area contributed by atoms with E-state index in [2.05, 4.69) is 18.7 Å². The molecule has 2 saturated heterocycles. The third kappa shape index (κ3) is 2.17. The van der Waals surface area contributed by atoms with Crippen molar-refractivity contribution in [2.75, 3.05) is 6.54 Å². The minimum absolute atomic E-state index is 0.136. The first-order valence-corrected chi connectivity index (χ1v) is 5.93. The molecule has 2 atom stereocenters. The summed E-state index contributed by atoms with van der Waals surface area (Å²) in [4.78, 5) is 13.6. The van der Waals surface area contributed by atoms with E-state index in [1.807, 2.05) is 0 Å². The van der Waals surface area contributed by atoms with Crippen molar-refractivity contribution < 1.29 is 9.53 Å². The third-order valence-corrected chi connectivity index (χ3v) is 3.75. The quantitative estimate of drug-likeness (QED) is 0.621. The van der Waals surface area contributed by atoms with Gasteiger partial charge < -0.3 is 4.74 Å². The molecule has 0 radical (unpaired) electrons. The van der Waals surface area contributed by atoms with Crippen LogP contribution in [0.3, 0.4) is 0 Å². The van der Waals surface area contributed by atoms with E-state index in [-0.39, 0.29) is 17.6 Å². The Morgan fingerprint density at radius 3 is 2.87 bits per heavy atom. The zero-order valence-corrected chi connectivity index (χ0v) is 9.95. The van der Waals surface area contributed by atoms with Gasteiger partial charge in [-0.3, -0.25) is 9.69 Å². The molecular weight excluding hydrogens is 190 g/mol. The standard InChI is InChI=1S/C12H21NO2/c1-9(14)15-11-7-10-5-4-6-13(10)12(2,3)8-11/h10-11H,4-8H2,1-3H3/t10-,11-/m1/s1. The molecule has 0 spiro atoms. The van der Waals surface area contributed by atoms with Gasteiger partial charge in [-0.25, -0.2) is 0 Å². The van der Waals surface area contributed by atoms with Gasteiger partial charge in [0, 0.05) is 31.3 Å². The molecule has 0 aliphatic carbocycles. The van der Waals surface area contributed by atoms with Gasteiger partial charge in [0.15, 0.2) is 0 Å². The molecule has 86 valence electrons. The van der Waals surface area contributed by atoms with Gasteiger partial charge in [0.05, 0.1) is 0 Å². The van der Waals surface area contributed by atoms with Crippen molar-refractivity contribution in [3.8, 4) is 0 Å². The van der Waals surface area contributed by atoms with Crippen LogP contribution in [0.4, 0.5) is 0 Å². The Hall–Kier alpha value is -0.570. The molecule has 0 saturated carbocycles. The van der Waals surface area contributed by atoms with Crippen LogP contribution in [-0.4, -0.2) is 35.1 Å². The van der Waals surface area contributed by atoms with Crippen molar-refractivity contribution in [2.45, 2.75) is 64.1 Å². The normalized spacial score (nSPS) is 34.9. The molecule has 2 aliphatic rings. The van der Waals surface area contributed by atoms with E-state index < -0.39 is 0 Å². The predicted molar refractivity (Wildman–Crippen MR) is 58.6 cm³/mol. The lowest BCUT2D eigenvalue weighted by Crippen LogP contribution is -2.54. The van der Waals surface area contributed by atoms with Crippen molar-refractivity contribution in [3.05, 3.63) is 0 Å². The Bertz CT molecular complexity index is 262. The lowest BCUT2D eigenvalue weighted by atomic mass is 9.85. The monoisotopic (exact) mass is 211 g/mol. The summed E-state index contributed by atoms with van der Waals surface area (Å²) in [6, 6.07) is 0.637. The van der Waals surface area contributed by atoms with E-state index in [4.69, 9.17) is 4.74 Å². The average molecular weight is 211 g/mol. The van der Waals surface area contributed by atoms with Gasteiger partial charge in [0.2, 0.25) is 0 Å². The van der Waals surface area contributed by atoms with Crippen molar-refractivity contribution in [1.29, 1.82) is 0 Å². The fourth-order valence-electron chi connectivity index (χ4n) is 3.26. The van der Waals surface area contributed by atoms with Crippen LogP contribution >= 0.6 is 0 Å². The van der Waals surface area contributed by atoms with Crippen LogP contribution < -0.4 is 0 Å². The number of piperidine rings is 1. The summed E-state index contributed by atoms with van der Waals surface area (Å²) in [5.74, 6) is -0.137. The summed E-state index contributed by atoms with van der Waals surface area (Å²) in [7, 11) is 0. The Morgan fingerprint density at radius 1 is 1.47 bits per heavy atom. The fourth-order valence-corrected chi connectivity index (χ4v) is 3.26. The molecule has 0 N–H and O–H groups in total. The summed E-state index contributed by atoms with van der Waals surface area (Å²) in [6.45, 7) is 7.25. The highest BCUT2D eigenvalue weighted by Crippen LogP contribution is 2.38. The van der Waals surface area contributed by atoms with Crippen LogP contribution in [0.25, 0.3) is 0 Å². The first-order chi connectivity index (χ1) is 6.99. The van der Waals surface area contributed by atoms with Crippen LogP contribution in [0, 0.1) is 0 Å². The summed E-state index contributed by atoms with van der Waals surface area (Å²) in [5.41, 5.74) is 0.194. The maximum atomic E-state index is 11.0. The predicted octanol–water partition coefficient (Wildman–Crippen LogP) is 1.95. The van der Waals surface area contributed by atoms with Gasteiger partial charge in [-0.1, -0.05) is 0 Å². The zero-order valence-electron chi connectivity index (χ0n) is 9.95. The minimum Gasteiger partial charge on any atom is -0.462 e. The lowest BCUT2D eigenvalue weighted by molar-refractivity contribution is -0.152. The van der Waals surface area contributed by atoms with Crippen LogP contribution in [0.5, 0.6) is 0 Å². The molecular formula is C12H21NO2. The van der Waals surface area contributed by atoms with Gasteiger partial charge in [-0.05, 0) is 33.2 Å². The van der Waals surface area contributed by atoms with Crippen molar-refractivity contribution in [1.82, 2.24) is 4.90 Å². The molecule has 2 heterocycles.